The first kappa shape index (κ1) is 36.7. The van der Waals surface area contributed by atoms with Crippen LogP contribution in [0.15, 0.2) is 22.9 Å². The Kier molecular flexibility index (Phi) is 11.5. The molecule has 1 atom stereocenters. The third-order valence-electron chi connectivity index (χ3n) is 10.9. The highest BCUT2D eigenvalue weighted by Crippen LogP contribution is 2.40. The van der Waals surface area contributed by atoms with Crippen LogP contribution in [-0.4, -0.2) is 127 Å². The van der Waals surface area contributed by atoms with Crippen LogP contribution in [0.2, 0.25) is 5.02 Å². The summed E-state index contributed by atoms with van der Waals surface area (Å²) in [5.41, 5.74) is 1.13. The summed E-state index contributed by atoms with van der Waals surface area (Å²) in [6.07, 6.45) is -1.17. The Balaban J connectivity index is 1.13. The van der Waals surface area contributed by atoms with E-state index < -0.39 is 17.7 Å². The molecule has 2 N–H and O–H groups in total. The van der Waals surface area contributed by atoms with Crippen molar-refractivity contribution in [2.24, 2.45) is 5.92 Å². The number of nitrogens with one attached hydrogen (secondary N) is 2. The summed E-state index contributed by atoms with van der Waals surface area (Å²) < 4.78 is 42.1. The Labute approximate surface area is 300 Å². The van der Waals surface area contributed by atoms with Crippen molar-refractivity contribution in [3.63, 3.8) is 0 Å². The minimum atomic E-state index is -4.65. The van der Waals surface area contributed by atoms with Crippen molar-refractivity contribution < 1.29 is 27.6 Å². The summed E-state index contributed by atoms with van der Waals surface area (Å²) in [4.78, 5) is 51.2. The normalized spacial score (nSPS) is 21.1. The molecule has 1 aromatic heterocycles. The molecular weight excluding hydrogens is 691 g/mol. The number of thiophene rings is 1. The van der Waals surface area contributed by atoms with E-state index in [2.05, 4.69) is 32.9 Å². The van der Waals surface area contributed by atoms with Crippen LogP contribution in [0.5, 0.6) is 0 Å². The first-order valence-corrected chi connectivity index (χ1v) is 18.9. The molecule has 10 nitrogen and oxygen atoms in total. The second-order valence-electron chi connectivity index (χ2n) is 14.0. The molecule has 2 aromatic rings. The van der Waals surface area contributed by atoms with Gasteiger partial charge in [0.15, 0.2) is 0 Å². The lowest BCUT2D eigenvalue weighted by Crippen LogP contribution is -2.53. The van der Waals surface area contributed by atoms with Crippen LogP contribution in [0.1, 0.15) is 48.8 Å². The van der Waals surface area contributed by atoms with E-state index in [1.54, 1.807) is 21.1 Å². The second kappa shape index (κ2) is 15.7. The number of piperidine rings is 2. The summed E-state index contributed by atoms with van der Waals surface area (Å²) in [5.74, 6) is -1.25. The fraction of sp³-hybridized carbons (Fsp3) is 0.629. The van der Waals surface area contributed by atoms with Crippen LogP contribution < -0.4 is 10.6 Å². The number of fused-ring (bicyclic) bond motifs is 1. The number of anilines is 2. The predicted molar refractivity (Wildman–Crippen MR) is 190 cm³/mol. The molecule has 0 saturated carbocycles. The van der Waals surface area contributed by atoms with Gasteiger partial charge in [0, 0.05) is 89.8 Å². The number of likely N-dealkylation sites (N-methyl/N-ethyl adjacent to an activating group) is 1. The van der Waals surface area contributed by atoms with E-state index in [-0.39, 0.29) is 53.0 Å². The molecule has 0 spiro atoms. The monoisotopic (exact) mass is 737 g/mol. The average molecular weight is 738 g/mol. The van der Waals surface area contributed by atoms with Gasteiger partial charge in [-0.1, -0.05) is 11.6 Å². The zero-order valence-corrected chi connectivity index (χ0v) is 30.3. The largest absolute Gasteiger partial charge is 0.418 e. The number of halogens is 4. The molecule has 50 heavy (non-hydrogen) atoms. The molecule has 3 saturated heterocycles. The van der Waals surface area contributed by atoms with Gasteiger partial charge in [0.2, 0.25) is 11.8 Å². The maximum Gasteiger partial charge on any atom is 0.418 e. The Morgan fingerprint density at radius 3 is 2.28 bits per heavy atom. The molecule has 6 rings (SSSR count). The molecule has 4 aliphatic heterocycles. The van der Waals surface area contributed by atoms with Crippen molar-refractivity contribution in [1.29, 1.82) is 0 Å². The van der Waals surface area contributed by atoms with Gasteiger partial charge in [-0.3, -0.25) is 14.5 Å². The number of hydrogen-bond acceptors (Lipinski definition) is 7. The maximum absolute atomic E-state index is 14.2. The Morgan fingerprint density at radius 1 is 0.960 bits per heavy atom. The van der Waals surface area contributed by atoms with Crippen LogP contribution in [0, 0.1) is 5.92 Å². The number of urea groups is 1. The molecule has 4 amide bonds. The van der Waals surface area contributed by atoms with Crippen molar-refractivity contribution in [2.45, 2.75) is 63.2 Å². The number of alkyl halides is 3. The lowest BCUT2D eigenvalue weighted by atomic mass is 9.91. The minimum absolute atomic E-state index is 0.0145. The van der Waals surface area contributed by atoms with Gasteiger partial charge in [0.25, 0.3) is 0 Å². The fourth-order valence-electron chi connectivity index (χ4n) is 7.96. The zero-order valence-electron chi connectivity index (χ0n) is 28.7. The van der Waals surface area contributed by atoms with Gasteiger partial charge in [0.1, 0.15) is 0 Å². The Hall–Kier alpha value is -3.07. The van der Waals surface area contributed by atoms with Crippen LogP contribution >= 0.6 is 22.9 Å². The van der Waals surface area contributed by atoms with Crippen molar-refractivity contribution in [3.8, 4) is 0 Å². The summed E-state index contributed by atoms with van der Waals surface area (Å²) in [6.45, 7) is 6.57. The predicted octanol–water partition coefficient (Wildman–Crippen LogP) is 5.33. The molecule has 0 bridgehead atoms. The number of piperazine rings is 1. The van der Waals surface area contributed by atoms with Crippen molar-refractivity contribution in [3.05, 3.63) is 44.6 Å². The molecule has 0 radical (unpaired) electrons. The van der Waals surface area contributed by atoms with Crippen molar-refractivity contribution >= 4 is 52.2 Å². The van der Waals surface area contributed by atoms with E-state index >= 15 is 0 Å². The highest BCUT2D eigenvalue weighted by atomic mass is 35.5. The molecule has 3 fully saturated rings. The zero-order chi connectivity index (χ0) is 35.6. The smallest absolute Gasteiger partial charge is 0.386 e. The molecule has 0 aliphatic carbocycles. The van der Waals surface area contributed by atoms with Crippen LogP contribution in [0.3, 0.4) is 0 Å². The summed E-state index contributed by atoms with van der Waals surface area (Å²) >= 11 is 7.89. The first-order valence-electron chi connectivity index (χ1n) is 17.6. The maximum atomic E-state index is 14.2. The van der Waals surface area contributed by atoms with E-state index in [0.29, 0.717) is 51.6 Å². The summed E-state index contributed by atoms with van der Waals surface area (Å²) in [6, 6.07) is 2.74. The van der Waals surface area contributed by atoms with Crippen LogP contribution in [-0.2, 0) is 28.6 Å². The van der Waals surface area contributed by atoms with E-state index in [1.165, 1.54) is 13.1 Å². The molecule has 1 aromatic carbocycles. The molecule has 4 aliphatic rings. The third kappa shape index (κ3) is 8.35. The van der Waals surface area contributed by atoms with Gasteiger partial charge < -0.3 is 30.2 Å². The van der Waals surface area contributed by atoms with Crippen molar-refractivity contribution in [1.82, 2.24) is 24.5 Å². The number of amides is 4. The van der Waals surface area contributed by atoms with Gasteiger partial charge in [-0.25, -0.2) is 4.79 Å². The van der Waals surface area contributed by atoms with Gasteiger partial charge in [-0.2, -0.15) is 13.2 Å². The topological polar surface area (TPSA) is 91.5 Å². The van der Waals surface area contributed by atoms with E-state index in [1.807, 2.05) is 10.3 Å². The minimum Gasteiger partial charge on any atom is -0.386 e. The Bertz CT molecular complexity index is 1530. The number of likely N-dealkylation sites (tertiary alicyclic amines) is 2. The van der Waals surface area contributed by atoms with Gasteiger partial charge in [-0.15, -0.1) is 11.3 Å². The summed E-state index contributed by atoms with van der Waals surface area (Å²) in [7, 11) is 3.50. The first-order chi connectivity index (χ1) is 23.9. The SMILES string of the molecule is CNc1c(Cl)cc(C[C@@H](CC(=O)N2CCC(N3CCc4cscc4NC3=O)CC2)C(=O)N2CCC(N3CCN(C)CC3)CC2)cc1C(F)(F)F. The standard InChI is InChI=1S/C35H47ClF3N7O3S/c1-40-32-28(35(37,38)39)18-23(19-29(32)36)17-25(33(48)45-10-4-26(5-11-45)43-15-13-42(2)14-16-43)20-31(47)44-8-6-27(7-9-44)46-12-3-24-21-50-22-30(24)41-34(46)49/h18-19,21-22,25-27,40H,3-17,20H2,1-2H3,(H,41,49)/t25-/m0/s1. The Morgan fingerprint density at radius 2 is 1.62 bits per heavy atom. The lowest BCUT2D eigenvalue weighted by Gasteiger charge is -2.42. The van der Waals surface area contributed by atoms with Crippen molar-refractivity contribution in [2.75, 3.05) is 83.6 Å². The van der Waals surface area contributed by atoms with Gasteiger partial charge in [0.05, 0.1) is 27.9 Å². The molecule has 5 heterocycles. The third-order valence-corrected chi connectivity index (χ3v) is 12.0. The summed E-state index contributed by atoms with van der Waals surface area (Å²) in [5, 5.41) is 9.47. The molecule has 0 unspecified atom stereocenters. The fourth-order valence-corrected chi connectivity index (χ4v) is 9.12. The van der Waals surface area contributed by atoms with Gasteiger partial charge >= 0.3 is 12.2 Å². The molecule has 15 heteroatoms. The van der Waals surface area contributed by atoms with Crippen LogP contribution in [0.4, 0.5) is 29.3 Å². The molecular formula is C35H47ClF3N7O3S. The number of nitrogens with zero attached hydrogens (tertiary/aromatic N) is 5. The van der Waals surface area contributed by atoms with Gasteiger partial charge in [-0.05, 0) is 74.2 Å². The molecule has 274 valence electrons. The number of carbonyl (C=O) groups is 3. The highest BCUT2D eigenvalue weighted by Gasteiger charge is 2.38. The average Bonchev–Trinajstić information content (AvgIpc) is 3.47. The van der Waals surface area contributed by atoms with E-state index in [9.17, 15) is 27.6 Å². The quantitative estimate of drug-likeness (QED) is 0.381. The number of benzene rings is 1. The lowest BCUT2D eigenvalue weighted by molar-refractivity contribution is -0.143. The highest BCUT2D eigenvalue weighted by molar-refractivity contribution is 7.08. The number of carbonyl (C=O) groups excluding carboxylic acids is 3. The number of rotatable bonds is 8. The van der Waals surface area contributed by atoms with Crippen LogP contribution in [0.25, 0.3) is 0 Å². The van der Waals surface area contributed by atoms with E-state index in [0.717, 1.165) is 62.8 Å². The number of hydrogen-bond donors (Lipinski definition) is 2. The second-order valence-corrected chi connectivity index (χ2v) is 15.2. The van der Waals surface area contributed by atoms with E-state index in [4.69, 9.17) is 11.6 Å².